The minimum atomic E-state index is -0.198. The Morgan fingerprint density at radius 1 is 1.53 bits per heavy atom. The molecule has 0 saturated heterocycles. The second-order valence-electron chi connectivity index (χ2n) is 4.28. The standard InChI is InChI=1S/C14H21FN2/c1-5-7-17(6-2)14-8-10(3)13(15)9-12(14)11(4)16/h5,8-9,11H,1,6-7,16H2,2-4H3. The van der Waals surface area contributed by atoms with E-state index in [1.165, 1.54) is 0 Å². The Morgan fingerprint density at radius 2 is 2.18 bits per heavy atom. The Hall–Kier alpha value is -1.35. The van der Waals surface area contributed by atoms with Crippen LogP contribution in [0.1, 0.15) is 31.0 Å². The lowest BCUT2D eigenvalue weighted by Crippen LogP contribution is -2.25. The lowest BCUT2D eigenvalue weighted by Gasteiger charge is -2.26. The van der Waals surface area contributed by atoms with Crippen molar-refractivity contribution >= 4 is 5.69 Å². The summed E-state index contributed by atoms with van der Waals surface area (Å²) in [6, 6.07) is 3.22. The van der Waals surface area contributed by atoms with E-state index in [1.54, 1.807) is 13.0 Å². The summed E-state index contributed by atoms with van der Waals surface area (Å²) in [6.45, 7) is 11.0. The maximum Gasteiger partial charge on any atom is 0.126 e. The first-order chi connectivity index (χ1) is 8.01. The molecular formula is C14H21FN2. The number of anilines is 1. The molecule has 1 rings (SSSR count). The number of benzene rings is 1. The molecule has 1 atom stereocenters. The molecule has 17 heavy (non-hydrogen) atoms. The molecule has 1 unspecified atom stereocenters. The van der Waals surface area contributed by atoms with Crippen LogP contribution in [-0.2, 0) is 0 Å². The monoisotopic (exact) mass is 236 g/mol. The third-order valence-corrected chi connectivity index (χ3v) is 2.87. The van der Waals surface area contributed by atoms with Crippen LogP contribution in [0.2, 0.25) is 0 Å². The van der Waals surface area contributed by atoms with Crippen LogP contribution in [0.15, 0.2) is 24.8 Å². The van der Waals surface area contributed by atoms with Crippen LogP contribution in [-0.4, -0.2) is 13.1 Å². The third-order valence-electron chi connectivity index (χ3n) is 2.87. The van der Waals surface area contributed by atoms with Gasteiger partial charge in [0.25, 0.3) is 0 Å². The molecule has 0 amide bonds. The minimum absolute atomic E-state index is 0.182. The molecule has 2 N–H and O–H groups in total. The quantitative estimate of drug-likeness (QED) is 0.796. The van der Waals surface area contributed by atoms with Gasteiger partial charge >= 0.3 is 0 Å². The van der Waals surface area contributed by atoms with Crippen molar-refractivity contribution in [3.63, 3.8) is 0 Å². The number of halogens is 1. The summed E-state index contributed by atoms with van der Waals surface area (Å²) in [7, 11) is 0. The summed E-state index contributed by atoms with van der Waals surface area (Å²) >= 11 is 0. The highest BCUT2D eigenvalue weighted by molar-refractivity contribution is 5.57. The second kappa shape index (κ2) is 5.82. The fourth-order valence-corrected chi connectivity index (χ4v) is 1.87. The Labute approximate surface area is 103 Å². The summed E-state index contributed by atoms with van der Waals surface area (Å²) in [5, 5.41) is 0. The molecule has 94 valence electrons. The molecule has 0 aliphatic rings. The molecule has 0 fully saturated rings. The first-order valence-corrected chi connectivity index (χ1v) is 5.92. The van der Waals surface area contributed by atoms with Gasteiger partial charge in [-0.3, -0.25) is 0 Å². The number of nitrogens with zero attached hydrogens (tertiary/aromatic N) is 1. The van der Waals surface area contributed by atoms with Gasteiger partial charge < -0.3 is 10.6 Å². The summed E-state index contributed by atoms with van der Waals surface area (Å²) < 4.78 is 13.6. The van der Waals surface area contributed by atoms with Crippen LogP contribution in [0.5, 0.6) is 0 Å². The number of hydrogen-bond acceptors (Lipinski definition) is 2. The predicted octanol–water partition coefficient (Wildman–Crippen LogP) is 3.17. The van der Waals surface area contributed by atoms with Crippen molar-refractivity contribution in [3.8, 4) is 0 Å². The van der Waals surface area contributed by atoms with Crippen LogP contribution < -0.4 is 10.6 Å². The largest absolute Gasteiger partial charge is 0.368 e. The summed E-state index contributed by atoms with van der Waals surface area (Å²) in [5.74, 6) is -0.198. The fourth-order valence-electron chi connectivity index (χ4n) is 1.87. The highest BCUT2D eigenvalue weighted by Crippen LogP contribution is 2.28. The molecule has 0 saturated carbocycles. The van der Waals surface area contributed by atoms with Crippen molar-refractivity contribution in [2.24, 2.45) is 5.73 Å². The summed E-state index contributed by atoms with van der Waals surface area (Å²) in [6.07, 6.45) is 1.84. The summed E-state index contributed by atoms with van der Waals surface area (Å²) in [4.78, 5) is 2.14. The van der Waals surface area contributed by atoms with Gasteiger partial charge in [-0.05, 0) is 44.0 Å². The van der Waals surface area contributed by atoms with Gasteiger partial charge in [0.1, 0.15) is 5.82 Å². The highest BCUT2D eigenvalue weighted by atomic mass is 19.1. The zero-order valence-corrected chi connectivity index (χ0v) is 10.8. The van der Waals surface area contributed by atoms with Gasteiger partial charge in [0.2, 0.25) is 0 Å². The zero-order chi connectivity index (χ0) is 13.0. The molecule has 1 aromatic rings. The molecule has 0 spiro atoms. The number of aryl methyl sites for hydroxylation is 1. The van der Waals surface area contributed by atoms with E-state index in [9.17, 15) is 4.39 Å². The van der Waals surface area contributed by atoms with E-state index in [0.29, 0.717) is 5.56 Å². The molecule has 0 bridgehead atoms. The maximum absolute atomic E-state index is 13.6. The SMILES string of the molecule is C=CCN(CC)c1cc(C)c(F)cc1C(C)N. The predicted molar refractivity (Wildman–Crippen MR) is 71.8 cm³/mol. The van der Waals surface area contributed by atoms with Crippen molar-refractivity contribution in [1.82, 2.24) is 0 Å². The first-order valence-electron chi connectivity index (χ1n) is 5.92. The molecular weight excluding hydrogens is 215 g/mol. The molecule has 0 radical (unpaired) electrons. The van der Waals surface area contributed by atoms with Crippen molar-refractivity contribution < 1.29 is 4.39 Å². The van der Waals surface area contributed by atoms with Crippen molar-refractivity contribution in [3.05, 3.63) is 41.7 Å². The maximum atomic E-state index is 13.6. The van der Waals surface area contributed by atoms with Gasteiger partial charge in [0, 0.05) is 24.8 Å². The Balaban J connectivity index is 3.28. The van der Waals surface area contributed by atoms with Crippen LogP contribution >= 0.6 is 0 Å². The zero-order valence-electron chi connectivity index (χ0n) is 10.8. The first kappa shape index (κ1) is 13.7. The highest BCUT2D eigenvalue weighted by Gasteiger charge is 2.14. The van der Waals surface area contributed by atoms with Gasteiger partial charge in [-0.15, -0.1) is 6.58 Å². The van der Waals surface area contributed by atoms with E-state index in [4.69, 9.17) is 5.73 Å². The minimum Gasteiger partial charge on any atom is -0.368 e. The van der Waals surface area contributed by atoms with Gasteiger partial charge in [0.05, 0.1) is 0 Å². The molecule has 0 aromatic heterocycles. The van der Waals surface area contributed by atoms with Gasteiger partial charge in [0.15, 0.2) is 0 Å². The average Bonchev–Trinajstić information content (AvgIpc) is 2.29. The van der Waals surface area contributed by atoms with Gasteiger partial charge in [-0.1, -0.05) is 6.08 Å². The van der Waals surface area contributed by atoms with E-state index in [-0.39, 0.29) is 11.9 Å². The van der Waals surface area contributed by atoms with E-state index in [2.05, 4.69) is 18.4 Å². The van der Waals surface area contributed by atoms with Crippen molar-refractivity contribution in [1.29, 1.82) is 0 Å². The summed E-state index contributed by atoms with van der Waals surface area (Å²) in [5.41, 5.74) is 8.39. The lowest BCUT2D eigenvalue weighted by molar-refractivity contribution is 0.612. The smallest absolute Gasteiger partial charge is 0.126 e. The molecule has 0 aliphatic carbocycles. The average molecular weight is 236 g/mol. The van der Waals surface area contributed by atoms with E-state index in [0.717, 1.165) is 24.3 Å². The van der Waals surface area contributed by atoms with Gasteiger partial charge in [-0.25, -0.2) is 4.39 Å². The van der Waals surface area contributed by atoms with Crippen molar-refractivity contribution in [2.75, 3.05) is 18.0 Å². The molecule has 1 aromatic carbocycles. The van der Waals surface area contributed by atoms with Crippen LogP contribution in [0, 0.1) is 12.7 Å². The molecule has 2 nitrogen and oxygen atoms in total. The van der Waals surface area contributed by atoms with E-state index >= 15 is 0 Å². The third kappa shape index (κ3) is 3.07. The Bertz CT molecular complexity index is 399. The van der Waals surface area contributed by atoms with Crippen molar-refractivity contribution in [2.45, 2.75) is 26.8 Å². The molecule has 0 heterocycles. The number of likely N-dealkylation sites (N-methyl/N-ethyl adjacent to an activating group) is 1. The van der Waals surface area contributed by atoms with Crippen LogP contribution in [0.25, 0.3) is 0 Å². The normalized spacial score (nSPS) is 12.3. The molecule has 0 aliphatic heterocycles. The van der Waals surface area contributed by atoms with E-state index in [1.807, 2.05) is 19.1 Å². The Morgan fingerprint density at radius 3 is 2.65 bits per heavy atom. The molecule has 3 heteroatoms. The number of hydrogen-bond donors (Lipinski definition) is 1. The number of nitrogens with two attached hydrogens (primary N) is 1. The topological polar surface area (TPSA) is 29.3 Å². The fraction of sp³-hybridized carbons (Fsp3) is 0.429. The van der Waals surface area contributed by atoms with Crippen LogP contribution in [0.3, 0.4) is 0 Å². The van der Waals surface area contributed by atoms with Crippen LogP contribution in [0.4, 0.5) is 10.1 Å². The second-order valence-corrected chi connectivity index (χ2v) is 4.28. The number of rotatable bonds is 5. The van der Waals surface area contributed by atoms with Gasteiger partial charge in [-0.2, -0.15) is 0 Å². The Kier molecular flexibility index (Phi) is 4.70. The van der Waals surface area contributed by atoms with E-state index < -0.39 is 0 Å². The lowest BCUT2D eigenvalue weighted by atomic mass is 10.0.